The van der Waals surface area contributed by atoms with E-state index in [9.17, 15) is 27.6 Å². The minimum Gasteiger partial charge on any atom is -0.458 e. The zero-order valence-corrected chi connectivity index (χ0v) is 20.9. The van der Waals surface area contributed by atoms with E-state index < -0.39 is 48.5 Å². The topological polar surface area (TPSA) is 123 Å². The molecule has 0 bridgehead atoms. The number of nitrogens with two attached hydrogens (primary N) is 1. The van der Waals surface area contributed by atoms with E-state index in [1.54, 1.807) is 24.3 Å². The lowest BCUT2D eigenvalue weighted by Crippen LogP contribution is -2.49. The van der Waals surface area contributed by atoms with E-state index in [2.05, 4.69) is 9.71 Å². The van der Waals surface area contributed by atoms with Crippen molar-refractivity contribution >= 4 is 46.6 Å². The number of ether oxygens (including phenoxy) is 2. The molecule has 1 aromatic rings. The first-order valence-corrected chi connectivity index (χ1v) is 12.0. The van der Waals surface area contributed by atoms with Crippen LogP contribution in [0.1, 0.15) is 33.1 Å². The van der Waals surface area contributed by atoms with Gasteiger partial charge < -0.3 is 20.1 Å². The van der Waals surface area contributed by atoms with Crippen LogP contribution in [0.5, 0.6) is 5.75 Å². The molecule has 2 atom stereocenters. The van der Waals surface area contributed by atoms with Gasteiger partial charge in [0.25, 0.3) is 17.0 Å². The molecule has 2 amide bonds. The second kappa shape index (κ2) is 11.1. The second-order valence-corrected chi connectivity index (χ2v) is 9.76. The molecule has 1 aromatic carbocycles. The van der Waals surface area contributed by atoms with Gasteiger partial charge in [-0.1, -0.05) is 37.6 Å². The lowest BCUT2D eigenvalue weighted by atomic mass is 10.0. The van der Waals surface area contributed by atoms with Gasteiger partial charge in [0.1, 0.15) is 17.6 Å². The number of para-hydroxylation sites is 1. The van der Waals surface area contributed by atoms with E-state index in [-0.39, 0.29) is 29.9 Å². The van der Waals surface area contributed by atoms with Crippen LogP contribution < -0.4 is 15.2 Å². The predicted octanol–water partition coefficient (Wildman–Crippen LogP) is 3.53. The van der Waals surface area contributed by atoms with Gasteiger partial charge in [0, 0.05) is 30.9 Å². The standard InChI is InChI=1S/C22H24ClF3N4O5S/c1-12(2)9-15(30-11-13(10-17(30)31)34-16-6-4-3-5-14(16)23)18(32)35-20-28-21(19(27)33,29-36-20)7-8-22(24,25)26/h3-6,10,12,15,29H,7-9,11H2,1-2H3,(H2,27,33). The number of nitrogens with one attached hydrogen (secondary N) is 1. The van der Waals surface area contributed by atoms with Gasteiger partial charge in [-0.05, 0) is 24.5 Å². The number of nitrogens with zero attached hydrogens (tertiary/aromatic N) is 2. The molecule has 14 heteroatoms. The van der Waals surface area contributed by atoms with Crippen LogP contribution in [0.3, 0.4) is 0 Å². The largest absolute Gasteiger partial charge is 0.458 e. The predicted molar refractivity (Wildman–Crippen MR) is 127 cm³/mol. The molecule has 3 rings (SSSR count). The van der Waals surface area contributed by atoms with Crippen LogP contribution in [0.25, 0.3) is 0 Å². The normalized spacial score (nSPS) is 20.9. The fourth-order valence-corrected chi connectivity index (χ4v) is 4.49. The van der Waals surface area contributed by atoms with E-state index in [4.69, 9.17) is 26.8 Å². The Bertz CT molecular complexity index is 1100. The lowest BCUT2D eigenvalue weighted by molar-refractivity contribution is -0.147. The molecule has 0 aliphatic carbocycles. The number of hydrogen-bond acceptors (Lipinski definition) is 8. The number of benzene rings is 1. The first-order valence-electron chi connectivity index (χ1n) is 10.9. The minimum atomic E-state index is -4.54. The number of carbonyl (C=O) groups excluding carboxylic acids is 3. The summed E-state index contributed by atoms with van der Waals surface area (Å²) in [5.41, 5.74) is 3.20. The Balaban J connectivity index is 1.73. The summed E-state index contributed by atoms with van der Waals surface area (Å²) < 4.78 is 51.5. The Morgan fingerprint density at radius 2 is 2.03 bits per heavy atom. The van der Waals surface area contributed by atoms with Gasteiger partial charge in [-0.25, -0.2) is 14.5 Å². The number of carbonyl (C=O) groups is 3. The maximum atomic E-state index is 13.1. The van der Waals surface area contributed by atoms with Crippen molar-refractivity contribution in [2.24, 2.45) is 16.6 Å². The fourth-order valence-electron chi connectivity index (χ4n) is 3.49. The Labute approximate surface area is 214 Å². The van der Waals surface area contributed by atoms with Crippen molar-refractivity contribution in [3.05, 3.63) is 41.1 Å². The summed E-state index contributed by atoms with van der Waals surface area (Å²) in [4.78, 5) is 42.7. The number of halogens is 4. The summed E-state index contributed by atoms with van der Waals surface area (Å²) in [7, 11) is 0. The first-order chi connectivity index (χ1) is 16.8. The number of alkyl halides is 3. The molecule has 0 aromatic heterocycles. The van der Waals surface area contributed by atoms with E-state index in [1.165, 1.54) is 11.0 Å². The monoisotopic (exact) mass is 548 g/mol. The smallest absolute Gasteiger partial charge is 0.389 e. The molecule has 196 valence electrons. The van der Waals surface area contributed by atoms with Crippen molar-refractivity contribution in [1.82, 2.24) is 9.62 Å². The van der Waals surface area contributed by atoms with Gasteiger partial charge in [0.05, 0.1) is 11.6 Å². The molecule has 0 fully saturated rings. The van der Waals surface area contributed by atoms with Crippen LogP contribution in [0.4, 0.5) is 13.2 Å². The number of aliphatic imine (C=N–C) groups is 1. The molecule has 9 nitrogen and oxygen atoms in total. The molecule has 2 aliphatic heterocycles. The van der Waals surface area contributed by atoms with Crippen LogP contribution >= 0.6 is 23.5 Å². The molecule has 3 N–H and O–H groups in total. The van der Waals surface area contributed by atoms with Crippen LogP contribution in [-0.2, 0) is 19.1 Å². The average Bonchev–Trinajstić information content (AvgIpc) is 3.35. The van der Waals surface area contributed by atoms with Gasteiger partial charge in [-0.3, -0.25) is 9.59 Å². The van der Waals surface area contributed by atoms with Crippen molar-refractivity contribution in [2.75, 3.05) is 6.54 Å². The highest BCUT2D eigenvalue weighted by Crippen LogP contribution is 2.33. The highest BCUT2D eigenvalue weighted by atomic mass is 35.5. The van der Waals surface area contributed by atoms with Gasteiger partial charge in [-0.2, -0.15) is 13.2 Å². The second-order valence-electron chi connectivity index (χ2n) is 8.60. The van der Waals surface area contributed by atoms with E-state index >= 15 is 0 Å². The zero-order chi connectivity index (χ0) is 26.7. The molecular weight excluding hydrogens is 525 g/mol. The van der Waals surface area contributed by atoms with Gasteiger partial charge in [0.2, 0.25) is 5.66 Å². The first kappa shape index (κ1) is 27.8. The van der Waals surface area contributed by atoms with Gasteiger partial charge >= 0.3 is 12.1 Å². The van der Waals surface area contributed by atoms with Gasteiger partial charge in [-0.15, -0.1) is 0 Å². The van der Waals surface area contributed by atoms with Crippen molar-refractivity contribution in [3.63, 3.8) is 0 Å². The third-order valence-electron chi connectivity index (χ3n) is 5.27. The molecule has 0 radical (unpaired) electrons. The summed E-state index contributed by atoms with van der Waals surface area (Å²) in [6, 6.07) is 5.63. The molecule has 0 spiro atoms. The number of primary amides is 1. The molecule has 0 saturated heterocycles. The zero-order valence-electron chi connectivity index (χ0n) is 19.3. The molecule has 0 saturated carbocycles. The van der Waals surface area contributed by atoms with Crippen molar-refractivity contribution in [2.45, 2.75) is 51.0 Å². The van der Waals surface area contributed by atoms with E-state index in [1.807, 2.05) is 13.8 Å². The quantitative estimate of drug-likeness (QED) is 0.357. The Kier molecular flexibility index (Phi) is 8.57. The molecule has 2 heterocycles. The van der Waals surface area contributed by atoms with Crippen LogP contribution in [-0.4, -0.2) is 52.3 Å². The Morgan fingerprint density at radius 1 is 1.33 bits per heavy atom. The fraction of sp³-hybridized carbons (Fsp3) is 0.455. The molecule has 2 aliphatic rings. The molecule has 36 heavy (non-hydrogen) atoms. The van der Waals surface area contributed by atoms with E-state index in [0.717, 1.165) is 0 Å². The van der Waals surface area contributed by atoms with Crippen molar-refractivity contribution < 1.29 is 37.0 Å². The SMILES string of the molecule is CC(C)CC(C(=O)OC1=NC(CCC(F)(F)F)(C(N)=O)NS1)N1CC(Oc2ccccc2Cl)=CC1=O. The Hall–Kier alpha value is -2.77. The summed E-state index contributed by atoms with van der Waals surface area (Å²) in [6.07, 6.45) is -5.18. The maximum Gasteiger partial charge on any atom is 0.389 e. The third kappa shape index (κ3) is 6.92. The summed E-state index contributed by atoms with van der Waals surface area (Å²) in [5, 5.41) is -0.0310. The maximum absolute atomic E-state index is 13.1. The average molecular weight is 549 g/mol. The number of hydrogen-bond donors (Lipinski definition) is 2. The summed E-state index contributed by atoms with van der Waals surface area (Å²) in [6.45, 7) is 3.65. The highest BCUT2D eigenvalue weighted by Gasteiger charge is 2.46. The van der Waals surface area contributed by atoms with Gasteiger partial charge in [0.15, 0.2) is 0 Å². The molecular formula is C22H24ClF3N4O5S. The summed E-state index contributed by atoms with van der Waals surface area (Å²) >= 11 is 6.68. The van der Waals surface area contributed by atoms with Crippen LogP contribution in [0, 0.1) is 5.92 Å². The number of rotatable bonds is 9. The van der Waals surface area contributed by atoms with E-state index in [0.29, 0.717) is 22.7 Å². The lowest BCUT2D eigenvalue weighted by Gasteiger charge is -2.27. The van der Waals surface area contributed by atoms with Crippen molar-refractivity contribution in [3.8, 4) is 5.75 Å². The highest BCUT2D eigenvalue weighted by molar-refractivity contribution is 8.12. The Morgan fingerprint density at radius 3 is 2.64 bits per heavy atom. The number of amides is 2. The summed E-state index contributed by atoms with van der Waals surface area (Å²) in [5.74, 6) is -1.93. The molecule has 2 unspecified atom stereocenters. The minimum absolute atomic E-state index is 0.0309. The van der Waals surface area contributed by atoms with Crippen molar-refractivity contribution in [1.29, 1.82) is 0 Å². The number of esters is 1. The van der Waals surface area contributed by atoms with Crippen LogP contribution in [0.2, 0.25) is 5.02 Å². The van der Waals surface area contributed by atoms with Crippen LogP contribution in [0.15, 0.2) is 41.1 Å². The third-order valence-corrected chi connectivity index (χ3v) is 6.37.